The summed E-state index contributed by atoms with van der Waals surface area (Å²) in [6.07, 6.45) is 3.05. The van der Waals surface area contributed by atoms with Crippen LogP contribution < -0.4 is 15.5 Å². The van der Waals surface area contributed by atoms with Gasteiger partial charge in [-0.25, -0.2) is 8.78 Å². The maximum atomic E-state index is 13.7. The first-order chi connectivity index (χ1) is 19.9. The average molecular weight is 560 g/mol. The monoisotopic (exact) mass is 559 g/mol. The Bertz CT molecular complexity index is 1570. The van der Waals surface area contributed by atoms with Crippen molar-refractivity contribution in [3.05, 3.63) is 82.9 Å². The molecule has 0 unspecified atom stereocenters. The van der Waals surface area contributed by atoms with Gasteiger partial charge in [0.05, 0.1) is 11.1 Å². The molecule has 6 rings (SSSR count). The van der Waals surface area contributed by atoms with Gasteiger partial charge in [-0.3, -0.25) is 14.7 Å². The summed E-state index contributed by atoms with van der Waals surface area (Å²) in [4.78, 5) is 27.6. The zero-order valence-electron chi connectivity index (χ0n) is 22.5. The molecule has 4 aromatic rings. The maximum absolute atomic E-state index is 13.7. The second-order valence-corrected chi connectivity index (χ2v) is 10.6. The van der Waals surface area contributed by atoms with E-state index in [2.05, 4.69) is 25.7 Å². The molecule has 3 aromatic carbocycles. The maximum Gasteiger partial charge on any atom is 0.258 e. The summed E-state index contributed by atoms with van der Waals surface area (Å²) in [6, 6.07) is 14.9. The lowest BCUT2D eigenvalue weighted by Crippen LogP contribution is -2.34. The largest absolute Gasteiger partial charge is 0.381 e. The lowest BCUT2D eigenvalue weighted by molar-refractivity contribution is -0.119. The number of rotatable bonds is 7. The molecule has 0 bridgehead atoms. The van der Waals surface area contributed by atoms with Crippen molar-refractivity contribution in [3.8, 4) is 0 Å². The SMILES string of the molecule is O=C1CCN(c2ccc(C(=O)Nc3n[nH]c4ccc(Cc5cc(F)cc(F)c5)cc34)c(NC3CCOCC3)c2)CC1. The predicted molar refractivity (Wildman–Crippen MR) is 154 cm³/mol. The number of amides is 1. The molecule has 3 N–H and O–H groups in total. The molecule has 3 heterocycles. The minimum absolute atomic E-state index is 0.176. The van der Waals surface area contributed by atoms with E-state index in [1.807, 2.05) is 36.4 Å². The number of H-pyrrole nitrogens is 1. The number of ketones is 1. The van der Waals surface area contributed by atoms with E-state index in [9.17, 15) is 18.4 Å². The lowest BCUT2D eigenvalue weighted by atomic mass is 10.0. The zero-order valence-corrected chi connectivity index (χ0v) is 22.5. The van der Waals surface area contributed by atoms with Gasteiger partial charge in [0.15, 0.2) is 5.82 Å². The molecule has 2 fully saturated rings. The van der Waals surface area contributed by atoms with Gasteiger partial charge in [0.1, 0.15) is 17.4 Å². The smallest absolute Gasteiger partial charge is 0.258 e. The summed E-state index contributed by atoms with van der Waals surface area (Å²) >= 11 is 0. The number of nitrogens with zero attached hydrogens (tertiary/aromatic N) is 2. The van der Waals surface area contributed by atoms with E-state index < -0.39 is 11.6 Å². The van der Waals surface area contributed by atoms with E-state index in [0.717, 1.165) is 41.4 Å². The van der Waals surface area contributed by atoms with E-state index >= 15 is 0 Å². The van der Waals surface area contributed by atoms with Gasteiger partial charge in [-0.15, -0.1) is 0 Å². The van der Waals surface area contributed by atoms with Crippen molar-refractivity contribution in [2.75, 3.05) is 41.8 Å². The number of Topliss-reactive ketones (excluding diaryl/α,β-unsaturated/α-hetero) is 1. The first-order valence-electron chi connectivity index (χ1n) is 13.9. The number of benzene rings is 3. The Morgan fingerprint density at radius 1 is 0.976 bits per heavy atom. The van der Waals surface area contributed by atoms with Crippen molar-refractivity contribution in [3.63, 3.8) is 0 Å². The van der Waals surface area contributed by atoms with Gasteiger partial charge >= 0.3 is 0 Å². The van der Waals surface area contributed by atoms with Gasteiger partial charge in [0.25, 0.3) is 5.91 Å². The second kappa shape index (κ2) is 11.7. The number of fused-ring (bicyclic) bond motifs is 1. The molecule has 8 nitrogen and oxygen atoms in total. The number of hydrogen-bond acceptors (Lipinski definition) is 6. The number of aromatic amines is 1. The van der Waals surface area contributed by atoms with Crippen LogP contribution in [0, 0.1) is 11.6 Å². The number of hydrogen-bond donors (Lipinski definition) is 3. The number of carbonyl (C=O) groups excluding carboxylic acids is 2. The van der Waals surface area contributed by atoms with Gasteiger partial charge in [0, 0.05) is 68.0 Å². The molecule has 212 valence electrons. The minimum atomic E-state index is -0.623. The van der Waals surface area contributed by atoms with Crippen molar-refractivity contribution in [2.45, 2.75) is 38.1 Å². The highest BCUT2D eigenvalue weighted by atomic mass is 19.1. The van der Waals surface area contributed by atoms with Crippen LogP contribution in [0.15, 0.2) is 54.6 Å². The van der Waals surface area contributed by atoms with Gasteiger partial charge in [0.2, 0.25) is 0 Å². The van der Waals surface area contributed by atoms with E-state index in [1.165, 1.54) is 12.1 Å². The standard InChI is InChI=1S/C31H31F2N5O3/c32-21-14-20(15-22(33)17-21)13-19-1-4-28-27(16-19)30(37-36-28)35-31(40)26-3-2-24(38-9-5-25(39)6-10-38)18-29(26)34-23-7-11-41-12-8-23/h1-4,14-18,23,34H,5-13H2,(H2,35,36,37,40). The number of ether oxygens (including phenoxy) is 1. The normalized spacial score (nSPS) is 16.2. The Morgan fingerprint density at radius 3 is 2.49 bits per heavy atom. The number of piperidine rings is 1. The van der Waals surface area contributed by atoms with Crippen LogP contribution in [0.2, 0.25) is 0 Å². The van der Waals surface area contributed by atoms with E-state index in [4.69, 9.17) is 4.74 Å². The van der Waals surface area contributed by atoms with E-state index in [0.29, 0.717) is 67.9 Å². The highest BCUT2D eigenvalue weighted by Gasteiger charge is 2.22. The molecule has 2 saturated heterocycles. The van der Waals surface area contributed by atoms with Crippen molar-refractivity contribution < 1.29 is 23.1 Å². The fourth-order valence-electron chi connectivity index (χ4n) is 5.51. The molecule has 2 aliphatic rings. The van der Waals surface area contributed by atoms with Crippen LogP contribution in [0.25, 0.3) is 10.9 Å². The Labute approximate surface area is 236 Å². The summed E-state index contributed by atoms with van der Waals surface area (Å²) in [5.74, 6) is -0.918. The number of nitrogens with one attached hydrogen (secondary N) is 3. The van der Waals surface area contributed by atoms with Crippen LogP contribution in [-0.4, -0.2) is 54.2 Å². The molecule has 0 radical (unpaired) electrons. The molecule has 0 spiro atoms. The molecular formula is C31H31F2N5O3. The molecular weight excluding hydrogens is 528 g/mol. The van der Waals surface area contributed by atoms with E-state index in [-0.39, 0.29) is 17.7 Å². The predicted octanol–water partition coefficient (Wildman–Crippen LogP) is 5.44. The number of halogens is 2. The van der Waals surface area contributed by atoms with Crippen LogP contribution >= 0.6 is 0 Å². The topological polar surface area (TPSA) is 99.4 Å². The van der Waals surface area contributed by atoms with Crippen molar-refractivity contribution in [1.82, 2.24) is 10.2 Å². The molecule has 0 saturated carbocycles. The second-order valence-electron chi connectivity index (χ2n) is 10.6. The van der Waals surface area contributed by atoms with Crippen molar-refractivity contribution >= 4 is 39.8 Å². The van der Waals surface area contributed by atoms with Crippen LogP contribution in [0.3, 0.4) is 0 Å². The third-order valence-electron chi connectivity index (χ3n) is 7.70. The first kappa shape index (κ1) is 26.9. The third-order valence-corrected chi connectivity index (χ3v) is 7.70. The van der Waals surface area contributed by atoms with Crippen molar-refractivity contribution in [2.24, 2.45) is 0 Å². The summed E-state index contributed by atoms with van der Waals surface area (Å²) in [6.45, 7) is 2.64. The molecule has 0 aliphatic carbocycles. The summed E-state index contributed by atoms with van der Waals surface area (Å²) in [5, 5.41) is 14.5. The highest BCUT2D eigenvalue weighted by molar-refractivity contribution is 6.11. The summed E-state index contributed by atoms with van der Waals surface area (Å²) < 4.78 is 32.9. The number of carbonyl (C=O) groups is 2. The van der Waals surface area contributed by atoms with Crippen molar-refractivity contribution in [1.29, 1.82) is 0 Å². The summed E-state index contributed by atoms with van der Waals surface area (Å²) in [7, 11) is 0. The zero-order chi connectivity index (χ0) is 28.3. The van der Waals surface area contributed by atoms with Crippen LogP contribution in [0.1, 0.15) is 47.2 Å². The third kappa shape index (κ3) is 6.22. The fraction of sp³-hybridized carbons (Fsp3) is 0.323. The Balaban J connectivity index is 1.26. The van der Waals surface area contributed by atoms with Crippen LogP contribution in [0.4, 0.5) is 26.0 Å². The summed E-state index contributed by atoms with van der Waals surface area (Å²) in [5.41, 5.74) is 4.23. The first-order valence-corrected chi connectivity index (χ1v) is 13.9. The van der Waals surface area contributed by atoms with Crippen LogP contribution in [-0.2, 0) is 16.0 Å². The highest BCUT2D eigenvalue weighted by Crippen LogP contribution is 2.30. The molecule has 10 heteroatoms. The molecule has 41 heavy (non-hydrogen) atoms. The number of aromatic nitrogens is 2. The van der Waals surface area contributed by atoms with E-state index in [1.54, 1.807) is 0 Å². The lowest BCUT2D eigenvalue weighted by Gasteiger charge is -2.30. The van der Waals surface area contributed by atoms with Gasteiger partial charge in [-0.05, 0) is 72.9 Å². The minimum Gasteiger partial charge on any atom is -0.381 e. The van der Waals surface area contributed by atoms with Gasteiger partial charge < -0.3 is 20.3 Å². The quantitative estimate of drug-likeness (QED) is 0.279. The molecule has 1 aromatic heterocycles. The van der Waals surface area contributed by atoms with Crippen LogP contribution in [0.5, 0.6) is 0 Å². The molecule has 0 atom stereocenters. The molecule has 1 amide bonds. The average Bonchev–Trinajstić information content (AvgIpc) is 3.35. The van der Waals surface area contributed by atoms with Gasteiger partial charge in [-0.1, -0.05) is 6.07 Å². The number of anilines is 3. The Kier molecular flexibility index (Phi) is 7.65. The Morgan fingerprint density at radius 2 is 1.73 bits per heavy atom. The Hall–Kier alpha value is -4.31. The fourth-order valence-corrected chi connectivity index (χ4v) is 5.51. The molecule has 2 aliphatic heterocycles. The van der Waals surface area contributed by atoms with Gasteiger partial charge in [-0.2, -0.15) is 5.10 Å².